The van der Waals surface area contributed by atoms with Gasteiger partial charge in [0.15, 0.2) is 5.69 Å². The number of hydrazone groups is 1. The van der Waals surface area contributed by atoms with Crippen molar-refractivity contribution in [1.29, 1.82) is 0 Å². The van der Waals surface area contributed by atoms with Gasteiger partial charge in [0.1, 0.15) is 0 Å². The van der Waals surface area contributed by atoms with Crippen molar-refractivity contribution in [3.63, 3.8) is 0 Å². The molecule has 0 bridgehead atoms. The largest absolute Gasteiger partial charge is 0.378 e. The van der Waals surface area contributed by atoms with E-state index in [2.05, 4.69) is 51.7 Å². The Hall–Kier alpha value is -3.12. The number of amides is 1. The van der Waals surface area contributed by atoms with Gasteiger partial charge in [-0.15, -0.1) is 5.10 Å². The fourth-order valence-corrected chi connectivity index (χ4v) is 2.46. The van der Waals surface area contributed by atoms with E-state index in [4.69, 9.17) is 5.73 Å². The number of nitrogens with two attached hydrogens (primary N) is 1. The quantitative estimate of drug-likeness (QED) is 0.429. The van der Waals surface area contributed by atoms with E-state index >= 15 is 0 Å². The van der Waals surface area contributed by atoms with E-state index in [1.54, 1.807) is 0 Å². The van der Waals surface area contributed by atoms with Gasteiger partial charge in [0.25, 0.3) is 5.91 Å². The number of benzene rings is 1. The molecule has 0 aliphatic rings. The molecule has 1 amide bonds. The molecule has 0 saturated heterocycles. The van der Waals surface area contributed by atoms with E-state index in [1.807, 2.05) is 43.3 Å². The van der Waals surface area contributed by atoms with Crippen LogP contribution in [0.15, 0.2) is 38.5 Å². The molecule has 0 atom stereocenters. The highest BCUT2D eigenvalue weighted by Crippen LogP contribution is 2.16. The number of anilines is 1. The predicted octanol–water partition coefficient (Wildman–Crippen LogP) is 0.820. The van der Waals surface area contributed by atoms with Crippen molar-refractivity contribution in [1.82, 2.24) is 35.6 Å². The summed E-state index contributed by atoms with van der Waals surface area (Å²) in [5.74, 6) is -0.307. The Morgan fingerprint density at radius 3 is 2.74 bits per heavy atom. The Morgan fingerprint density at radius 1 is 1.37 bits per heavy atom. The smallest absolute Gasteiger partial charge is 0.293 e. The SMILES string of the molecule is CN(C)Cc1c(C(=O)N/N=C\c2ccc(Br)cc2)nnn1-c1nonc1N. The Morgan fingerprint density at radius 2 is 2.11 bits per heavy atom. The average molecular weight is 434 g/mol. The topological polar surface area (TPSA) is 140 Å². The summed E-state index contributed by atoms with van der Waals surface area (Å²) in [5.41, 5.74) is 9.56. The van der Waals surface area contributed by atoms with Gasteiger partial charge in [0, 0.05) is 11.0 Å². The summed E-state index contributed by atoms with van der Waals surface area (Å²) in [5, 5.41) is 19.1. The summed E-state index contributed by atoms with van der Waals surface area (Å²) in [7, 11) is 3.68. The lowest BCUT2D eigenvalue weighted by molar-refractivity contribution is 0.0948. The number of hydrogen-bond acceptors (Lipinski definition) is 9. The van der Waals surface area contributed by atoms with Crippen molar-refractivity contribution in [3.05, 3.63) is 45.7 Å². The molecule has 3 rings (SSSR count). The first-order valence-electron chi connectivity index (χ1n) is 7.72. The molecule has 2 aromatic heterocycles. The average Bonchev–Trinajstić information content (AvgIpc) is 3.22. The number of nitrogen functional groups attached to an aromatic ring is 1. The van der Waals surface area contributed by atoms with Gasteiger partial charge in [-0.3, -0.25) is 4.79 Å². The van der Waals surface area contributed by atoms with Crippen molar-refractivity contribution in [3.8, 4) is 5.82 Å². The minimum absolute atomic E-state index is 0.0418. The number of carbonyl (C=O) groups excluding carboxylic acids is 1. The lowest BCUT2D eigenvalue weighted by Crippen LogP contribution is -2.23. The molecular formula is C15H16BrN9O2. The summed E-state index contributed by atoms with van der Waals surface area (Å²) in [4.78, 5) is 14.3. The summed E-state index contributed by atoms with van der Waals surface area (Å²) < 4.78 is 6.87. The first-order valence-corrected chi connectivity index (χ1v) is 8.51. The number of halogens is 1. The molecule has 0 aliphatic carbocycles. The van der Waals surface area contributed by atoms with Crippen LogP contribution >= 0.6 is 15.9 Å². The van der Waals surface area contributed by atoms with Gasteiger partial charge in [-0.25, -0.2) is 10.1 Å². The van der Waals surface area contributed by atoms with E-state index in [1.165, 1.54) is 10.9 Å². The molecule has 0 spiro atoms. The van der Waals surface area contributed by atoms with Crippen LogP contribution in [-0.2, 0) is 6.54 Å². The minimum Gasteiger partial charge on any atom is -0.378 e. The highest BCUT2D eigenvalue weighted by molar-refractivity contribution is 9.10. The highest BCUT2D eigenvalue weighted by atomic mass is 79.9. The maximum absolute atomic E-state index is 12.5. The van der Waals surface area contributed by atoms with Gasteiger partial charge < -0.3 is 10.6 Å². The third-order valence-electron chi connectivity index (χ3n) is 3.39. The normalized spacial score (nSPS) is 11.4. The first kappa shape index (κ1) is 18.7. The monoisotopic (exact) mass is 433 g/mol. The molecule has 0 saturated carbocycles. The summed E-state index contributed by atoms with van der Waals surface area (Å²) in [6.45, 7) is 0.360. The van der Waals surface area contributed by atoms with Gasteiger partial charge in [0.05, 0.1) is 11.9 Å². The zero-order valence-corrected chi connectivity index (χ0v) is 16.1. The summed E-state index contributed by atoms with van der Waals surface area (Å²) >= 11 is 3.36. The van der Waals surface area contributed by atoms with Crippen LogP contribution in [0.5, 0.6) is 0 Å². The van der Waals surface area contributed by atoms with Crippen molar-refractivity contribution < 1.29 is 9.42 Å². The summed E-state index contributed by atoms with van der Waals surface area (Å²) in [6, 6.07) is 7.46. The maximum atomic E-state index is 12.5. The van der Waals surface area contributed by atoms with Crippen LogP contribution in [0.3, 0.4) is 0 Å². The molecule has 1 aromatic carbocycles. The molecule has 27 heavy (non-hydrogen) atoms. The van der Waals surface area contributed by atoms with Crippen LogP contribution in [0.25, 0.3) is 5.82 Å². The summed E-state index contributed by atoms with van der Waals surface area (Å²) in [6.07, 6.45) is 1.53. The van der Waals surface area contributed by atoms with E-state index in [9.17, 15) is 4.79 Å². The standard InChI is InChI=1S/C15H16BrN9O2/c1-24(2)8-11-12(19-23-25(11)14-13(17)21-27-22-14)15(26)20-18-7-9-3-5-10(16)6-4-9/h3-7H,8H2,1-2H3,(H2,17,21)(H,20,26)/b18-7-. The van der Waals surface area contributed by atoms with Gasteiger partial charge in [-0.1, -0.05) is 33.3 Å². The van der Waals surface area contributed by atoms with Crippen LogP contribution in [-0.4, -0.2) is 56.4 Å². The van der Waals surface area contributed by atoms with E-state index in [0.717, 1.165) is 10.0 Å². The zero-order valence-electron chi connectivity index (χ0n) is 14.5. The Balaban J connectivity index is 1.82. The van der Waals surface area contributed by atoms with Crippen molar-refractivity contribution in [2.24, 2.45) is 5.10 Å². The molecule has 11 nitrogen and oxygen atoms in total. The van der Waals surface area contributed by atoms with Gasteiger partial charge in [0.2, 0.25) is 11.6 Å². The molecule has 2 heterocycles. The van der Waals surface area contributed by atoms with Crippen molar-refractivity contribution in [2.75, 3.05) is 19.8 Å². The Labute approximate surface area is 162 Å². The fraction of sp³-hybridized carbons (Fsp3) is 0.200. The third kappa shape index (κ3) is 4.35. The number of carbonyl (C=O) groups is 1. The van der Waals surface area contributed by atoms with Gasteiger partial charge >= 0.3 is 0 Å². The molecule has 3 aromatic rings. The minimum atomic E-state index is -0.513. The van der Waals surface area contributed by atoms with Crippen molar-refractivity contribution >= 4 is 33.9 Å². The van der Waals surface area contributed by atoms with Crippen LogP contribution in [0.1, 0.15) is 21.7 Å². The molecule has 0 aliphatic heterocycles. The molecule has 3 N–H and O–H groups in total. The number of hydrogen-bond donors (Lipinski definition) is 2. The van der Waals surface area contributed by atoms with E-state index in [-0.39, 0.29) is 17.3 Å². The lowest BCUT2D eigenvalue weighted by atomic mass is 10.2. The maximum Gasteiger partial charge on any atom is 0.293 e. The van der Waals surface area contributed by atoms with Crippen LogP contribution in [0.4, 0.5) is 5.82 Å². The highest BCUT2D eigenvalue weighted by Gasteiger charge is 2.24. The third-order valence-corrected chi connectivity index (χ3v) is 3.92. The van der Waals surface area contributed by atoms with Crippen LogP contribution < -0.4 is 11.2 Å². The Kier molecular flexibility index (Phi) is 5.57. The van der Waals surface area contributed by atoms with Crippen molar-refractivity contribution in [2.45, 2.75) is 6.54 Å². The molecule has 12 heteroatoms. The molecule has 0 fully saturated rings. The number of nitrogens with one attached hydrogen (secondary N) is 1. The number of rotatable bonds is 6. The second-order valence-corrected chi connectivity index (χ2v) is 6.67. The fourth-order valence-electron chi connectivity index (χ4n) is 2.19. The zero-order chi connectivity index (χ0) is 19.4. The second kappa shape index (κ2) is 8.05. The van der Waals surface area contributed by atoms with Crippen LogP contribution in [0, 0.1) is 0 Å². The second-order valence-electron chi connectivity index (χ2n) is 5.76. The van der Waals surface area contributed by atoms with Gasteiger partial charge in [-0.2, -0.15) is 9.78 Å². The number of aromatic nitrogens is 5. The van der Waals surface area contributed by atoms with Crippen LogP contribution in [0.2, 0.25) is 0 Å². The van der Waals surface area contributed by atoms with E-state index in [0.29, 0.717) is 12.2 Å². The molecule has 0 unspecified atom stereocenters. The predicted molar refractivity (Wildman–Crippen MR) is 100 cm³/mol. The lowest BCUT2D eigenvalue weighted by Gasteiger charge is -2.11. The van der Waals surface area contributed by atoms with Gasteiger partial charge in [-0.05, 0) is 42.1 Å². The van der Waals surface area contributed by atoms with E-state index < -0.39 is 5.91 Å². The molecular weight excluding hydrogens is 418 g/mol. The molecule has 140 valence electrons. The molecule has 0 radical (unpaired) electrons. The first-order chi connectivity index (χ1) is 13.0. The number of nitrogens with zero attached hydrogens (tertiary/aromatic N) is 7. The Bertz CT molecular complexity index is 962.